The molecule has 4 nitrogen and oxygen atoms in total. The molecule has 0 radical (unpaired) electrons. The topological polar surface area (TPSA) is 57.8 Å². The van der Waals surface area contributed by atoms with E-state index in [1.165, 1.54) is 11.8 Å². The standard InChI is InChI=1S/C8H13N3OS/c1-5-7(4-9-11-5)10-8(12)6(2)13-3/h4,6H,1-3H3,(H,9,11)(H,10,12). The van der Waals surface area contributed by atoms with Gasteiger partial charge in [0.1, 0.15) is 0 Å². The highest BCUT2D eigenvalue weighted by atomic mass is 32.2. The van der Waals surface area contributed by atoms with E-state index in [-0.39, 0.29) is 11.2 Å². The molecule has 1 atom stereocenters. The molecule has 0 spiro atoms. The van der Waals surface area contributed by atoms with Crippen molar-refractivity contribution in [2.75, 3.05) is 11.6 Å². The van der Waals surface area contributed by atoms with Crippen molar-refractivity contribution in [1.29, 1.82) is 0 Å². The number of aromatic nitrogens is 2. The van der Waals surface area contributed by atoms with Crippen LogP contribution in [0.3, 0.4) is 0 Å². The fourth-order valence-electron chi connectivity index (χ4n) is 0.818. The summed E-state index contributed by atoms with van der Waals surface area (Å²) in [7, 11) is 0. The zero-order chi connectivity index (χ0) is 9.84. The molecule has 0 fully saturated rings. The van der Waals surface area contributed by atoms with Crippen molar-refractivity contribution in [2.24, 2.45) is 0 Å². The van der Waals surface area contributed by atoms with Gasteiger partial charge in [-0.2, -0.15) is 16.9 Å². The third-order valence-corrected chi connectivity index (χ3v) is 2.73. The third-order valence-electron chi connectivity index (χ3n) is 1.81. The van der Waals surface area contributed by atoms with Gasteiger partial charge >= 0.3 is 0 Å². The van der Waals surface area contributed by atoms with Gasteiger partial charge in [-0.05, 0) is 20.1 Å². The van der Waals surface area contributed by atoms with E-state index in [1.54, 1.807) is 6.20 Å². The molecule has 0 aliphatic rings. The highest BCUT2D eigenvalue weighted by Gasteiger charge is 2.12. The molecule has 72 valence electrons. The highest BCUT2D eigenvalue weighted by Crippen LogP contribution is 2.12. The Morgan fingerprint density at radius 3 is 2.92 bits per heavy atom. The maximum atomic E-state index is 11.4. The van der Waals surface area contributed by atoms with Gasteiger partial charge in [-0.3, -0.25) is 9.89 Å². The van der Waals surface area contributed by atoms with Crippen LogP contribution >= 0.6 is 11.8 Å². The van der Waals surface area contributed by atoms with Crippen LogP contribution in [0.25, 0.3) is 0 Å². The van der Waals surface area contributed by atoms with Gasteiger partial charge in [0.2, 0.25) is 5.91 Å². The van der Waals surface area contributed by atoms with Crippen LogP contribution in [0.1, 0.15) is 12.6 Å². The van der Waals surface area contributed by atoms with Crippen LogP contribution in [-0.2, 0) is 4.79 Å². The van der Waals surface area contributed by atoms with Crippen molar-refractivity contribution < 1.29 is 4.79 Å². The lowest BCUT2D eigenvalue weighted by atomic mass is 10.3. The largest absolute Gasteiger partial charge is 0.322 e. The summed E-state index contributed by atoms with van der Waals surface area (Å²) in [6.07, 6.45) is 3.52. The minimum absolute atomic E-state index is 0.0111. The van der Waals surface area contributed by atoms with E-state index in [0.717, 1.165) is 11.4 Å². The molecule has 1 aromatic rings. The Morgan fingerprint density at radius 1 is 1.77 bits per heavy atom. The van der Waals surface area contributed by atoms with Gasteiger partial charge in [0.25, 0.3) is 0 Å². The molecule has 1 amide bonds. The Balaban J connectivity index is 2.60. The summed E-state index contributed by atoms with van der Waals surface area (Å²) in [6.45, 7) is 3.74. The number of hydrogen-bond donors (Lipinski definition) is 2. The first-order valence-electron chi connectivity index (χ1n) is 3.98. The lowest BCUT2D eigenvalue weighted by Gasteiger charge is -2.07. The number of rotatable bonds is 3. The van der Waals surface area contributed by atoms with Gasteiger partial charge in [0.05, 0.1) is 22.8 Å². The summed E-state index contributed by atoms with van der Waals surface area (Å²) < 4.78 is 0. The van der Waals surface area contributed by atoms with Crippen LogP contribution in [-0.4, -0.2) is 27.6 Å². The predicted octanol–water partition coefficient (Wildman–Crippen LogP) is 1.41. The van der Waals surface area contributed by atoms with Crippen molar-refractivity contribution in [2.45, 2.75) is 19.1 Å². The maximum Gasteiger partial charge on any atom is 0.237 e. The average molecular weight is 199 g/mol. The molecular formula is C8H13N3OS. The number of carbonyl (C=O) groups excluding carboxylic acids is 1. The van der Waals surface area contributed by atoms with Crippen LogP contribution in [0, 0.1) is 6.92 Å². The molecule has 1 aromatic heterocycles. The summed E-state index contributed by atoms with van der Waals surface area (Å²) in [6, 6.07) is 0. The minimum atomic E-state index is -0.0331. The predicted molar refractivity (Wildman–Crippen MR) is 54.9 cm³/mol. The van der Waals surface area contributed by atoms with Crippen molar-refractivity contribution in [3.8, 4) is 0 Å². The number of aryl methyl sites for hydroxylation is 1. The van der Waals surface area contributed by atoms with Crippen LogP contribution in [0.15, 0.2) is 6.20 Å². The van der Waals surface area contributed by atoms with Gasteiger partial charge in [-0.1, -0.05) is 0 Å². The lowest BCUT2D eigenvalue weighted by Crippen LogP contribution is -2.22. The van der Waals surface area contributed by atoms with Crippen LogP contribution in [0.2, 0.25) is 0 Å². The fraction of sp³-hybridized carbons (Fsp3) is 0.500. The Kier molecular flexibility index (Phi) is 3.36. The van der Waals surface area contributed by atoms with E-state index in [0.29, 0.717) is 0 Å². The van der Waals surface area contributed by atoms with Gasteiger partial charge < -0.3 is 5.32 Å². The molecule has 0 aliphatic heterocycles. The van der Waals surface area contributed by atoms with E-state index >= 15 is 0 Å². The smallest absolute Gasteiger partial charge is 0.237 e. The summed E-state index contributed by atoms with van der Waals surface area (Å²) in [5.74, 6) is 0.0111. The van der Waals surface area contributed by atoms with Gasteiger partial charge in [-0.25, -0.2) is 0 Å². The Labute approximate surface area is 81.5 Å². The molecule has 1 unspecified atom stereocenters. The molecule has 0 saturated carbocycles. The highest BCUT2D eigenvalue weighted by molar-refractivity contribution is 7.99. The molecular weight excluding hydrogens is 186 g/mol. The van der Waals surface area contributed by atoms with Crippen LogP contribution in [0.4, 0.5) is 5.69 Å². The van der Waals surface area contributed by atoms with Crippen molar-refractivity contribution in [1.82, 2.24) is 10.2 Å². The normalized spacial score (nSPS) is 12.5. The SMILES string of the molecule is CSC(C)C(=O)Nc1cn[nH]c1C. The Hall–Kier alpha value is -0.970. The third kappa shape index (κ3) is 2.48. The first-order valence-corrected chi connectivity index (χ1v) is 5.27. The quantitative estimate of drug-likeness (QED) is 0.773. The number of amides is 1. The first-order chi connectivity index (χ1) is 6.15. The molecule has 2 N–H and O–H groups in total. The number of aromatic amines is 1. The van der Waals surface area contributed by atoms with Crippen molar-refractivity contribution in [3.05, 3.63) is 11.9 Å². The Morgan fingerprint density at radius 2 is 2.46 bits per heavy atom. The van der Waals surface area contributed by atoms with E-state index in [4.69, 9.17) is 0 Å². The molecule has 1 rings (SSSR count). The zero-order valence-corrected chi connectivity index (χ0v) is 8.73. The number of nitrogens with one attached hydrogen (secondary N) is 2. The molecule has 1 heterocycles. The zero-order valence-electron chi connectivity index (χ0n) is 7.92. The number of anilines is 1. The molecule has 0 aromatic carbocycles. The Bertz CT molecular complexity index is 297. The molecule has 0 saturated heterocycles. The number of thioether (sulfide) groups is 1. The molecule has 0 aliphatic carbocycles. The van der Waals surface area contributed by atoms with E-state index in [2.05, 4.69) is 15.5 Å². The first kappa shape index (κ1) is 10.1. The number of hydrogen-bond acceptors (Lipinski definition) is 3. The second kappa shape index (κ2) is 4.32. The second-order valence-electron chi connectivity index (χ2n) is 2.78. The molecule has 0 bridgehead atoms. The molecule has 5 heteroatoms. The maximum absolute atomic E-state index is 11.4. The van der Waals surface area contributed by atoms with Crippen LogP contribution < -0.4 is 5.32 Å². The number of carbonyl (C=O) groups is 1. The van der Waals surface area contributed by atoms with Gasteiger partial charge in [-0.15, -0.1) is 0 Å². The molecule has 13 heavy (non-hydrogen) atoms. The second-order valence-corrected chi connectivity index (χ2v) is 3.95. The van der Waals surface area contributed by atoms with Crippen molar-refractivity contribution in [3.63, 3.8) is 0 Å². The van der Waals surface area contributed by atoms with Crippen molar-refractivity contribution >= 4 is 23.4 Å². The van der Waals surface area contributed by atoms with E-state index in [9.17, 15) is 4.79 Å². The van der Waals surface area contributed by atoms with Gasteiger partial charge in [0.15, 0.2) is 0 Å². The average Bonchev–Trinajstić information content (AvgIpc) is 2.50. The summed E-state index contributed by atoms with van der Waals surface area (Å²) in [5, 5.41) is 9.33. The summed E-state index contributed by atoms with van der Waals surface area (Å²) in [4.78, 5) is 11.4. The van der Waals surface area contributed by atoms with Gasteiger partial charge in [0, 0.05) is 0 Å². The summed E-state index contributed by atoms with van der Waals surface area (Å²) in [5.41, 5.74) is 1.63. The minimum Gasteiger partial charge on any atom is -0.322 e. The van der Waals surface area contributed by atoms with E-state index in [1.807, 2.05) is 20.1 Å². The number of H-pyrrole nitrogens is 1. The monoisotopic (exact) mass is 199 g/mol. The van der Waals surface area contributed by atoms with Crippen LogP contribution in [0.5, 0.6) is 0 Å². The number of nitrogens with zero attached hydrogens (tertiary/aromatic N) is 1. The fourth-order valence-corrected chi connectivity index (χ4v) is 1.09. The summed E-state index contributed by atoms with van der Waals surface area (Å²) >= 11 is 1.52. The lowest BCUT2D eigenvalue weighted by molar-refractivity contribution is -0.115. The van der Waals surface area contributed by atoms with E-state index < -0.39 is 0 Å².